The topological polar surface area (TPSA) is 152 Å². The van der Waals surface area contributed by atoms with E-state index in [-0.39, 0.29) is 17.5 Å². The molecule has 0 bridgehead atoms. The molecule has 0 unspecified atom stereocenters. The molecule has 0 atom stereocenters. The first-order valence-electron chi connectivity index (χ1n) is 13.0. The number of carbonyl (C=O) groups is 4. The van der Waals surface area contributed by atoms with Crippen LogP contribution in [0.1, 0.15) is 28.8 Å². The Hall–Kier alpha value is -4.10. The summed E-state index contributed by atoms with van der Waals surface area (Å²) < 4.78 is 91.3. The Morgan fingerprint density at radius 2 is 1.57 bits per heavy atom. The fraction of sp³-hybridized carbons (Fsp3) is 0.423. The first-order valence-corrected chi connectivity index (χ1v) is 13.3. The molecule has 11 nitrogen and oxygen atoms in total. The van der Waals surface area contributed by atoms with Gasteiger partial charge >= 0.3 is 24.3 Å². The van der Waals surface area contributed by atoms with Gasteiger partial charge in [0.15, 0.2) is 5.82 Å². The molecule has 46 heavy (non-hydrogen) atoms. The van der Waals surface area contributed by atoms with Gasteiger partial charge in [-0.05, 0) is 36.6 Å². The van der Waals surface area contributed by atoms with Gasteiger partial charge < -0.3 is 25.7 Å². The molecule has 2 aliphatic heterocycles. The molecular weight excluding hydrogens is 666 g/mol. The van der Waals surface area contributed by atoms with E-state index in [0.29, 0.717) is 45.7 Å². The van der Waals surface area contributed by atoms with Crippen molar-refractivity contribution in [2.24, 2.45) is 0 Å². The van der Waals surface area contributed by atoms with Gasteiger partial charge in [-0.25, -0.2) is 18.4 Å². The molecule has 0 saturated carbocycles. The van der Waals surface area contributed by atoms with Crippen molar-refractivity contribution in [3.63, 3.8) is 0 Å². The Morgan fingerprint density at radius 3 is 2.07 bits per heavy atom. The average molecular weight is 692 g/mol. The lowest BCUT2D eigenvalue weighted by Gasteiger charge is -2.42. The fourth-order valence-electron chi connectivity index (χ4n) is 4.39. The number of nitrogens with zero attached hydrogens (tertiary/aromatic N) is 3. The first-order chi connectivity index (χ1) is 21.3. The minimum Gasteiger partial charge on any atom is -0.475 e. The lowest BCUT2D eigenvalue weighted by molar-refractivity contribution is -0.193. The smallest absolute Gasteiger partial charge is 0.475 e. The molecule has 254 valence electrons. The summed E-state index contributed by atoms with van der Waals surface area (Å²) in [6.45, 7) is 3.22. The zero-order valence-corrected chi connectivity index (χ0v) is 24.1. The van der Waals surface area contributed by atoms with E-state index in [4.69, 9.17) is 31.4 Å². The van der Waals surface area contributed by atoms with Crippen molar-refractivity contribution in [1.82, 2.24) is 25.4 Å². The molecular formula is C26H26ClF8N5O6. The highest BCUT2D eigenvalue weighted by atomic mass is 35.5. The van der Waals surface area contributed by atoms with Crippen LogP contribution in [0.15, 0.2) is 36.7 Å². The van der Waals surface area contributed by atoms with Crippen molar-refractivity contribution < 1.29 is 64.5 Å². The number of hydrogen-bond acceptors (Lipinski definition) is 7. The standard InChI is InChI=1S/C22H24ClF2N5O2.2C2HF3O2/c23-16-3-4-17(24)18(19(16)25)20(31)27-8-11-29-9-5-22(6-10-29)21(32)28-14-30(22)13-15-2-1-7-26-12-15;2*3-2(4,5)1(6)7/h1-4,7,12H,5-6,8-11,13-14H2,(H,27,31)(H,28,32);2*(H,6,7). The molecule has 4 N–H and O–H groups in total. The van der Waals surface area contributed by atoms with Gasteiger partial charge in [-0.3, -0.25) is 19.5 Å². The van der Waals surface area contributed by atoms with Crippen molar-refractivity contribution in [1.29, 1.82) is 0 Å². The maximum Gasteiger partial charge on any atom is 0.490 e. The van der Waals surface area contributed by atoms with Crippen LogP contribution in [0.2, 0.25) is 5.02 Å². The third kappa shape index (κ3) is 10.5. The zero-order chi connectivity index (χ0) is 34.9. The lowest BCUT2D eigenvalue weighted by Crippen LogP contribution is -2.56. The summed E-state index contributed by atoms with van der Waals surface area (Å²) in [5.41, 5.74) is -0.180. The number of carboxylic acids is 2. The molecule has 1 aromatic carbocycles. The van der Waals surface area contributed by atoms with Gasteiger partial charge in [0.2, 0.25) is 5.91 Å². The van der Waals surface area contributed by atoms with Gasteiger partial charge in [-0.15, -0.1) is 0 Å². The van der Waals surface area contributed by atoms with Crippen LogP contribution in [-0.4, -0.2) is 99.5 Å². The maximum absolute atomic E-state index is 14.0. The number of likely N-dealkylation sites (tertiary alicyclic amines) is 1. The van der Waals surface area contributed by atoms with E-state index < -0.39 is 52.9 Å². The molecule has 3 heterocycles. The van der Waals surface area contributed by atoms with E-state index in [1.165, 1.54) is 0 Å². The van der Waals surface area contributed by atoms with E-state index in [1.54, 1.807) is 12.4 Å². The van der Waals surface area contributed by atoms with E-state index in [9.17, 15) is 44.7 Å². The number of carbonyl (C=O) groups excluding carboxylic acids is 2. The van der Waals surface area contributed by atoms with Crippen LogP contribution in [0.3, 0.4) is 0 Å². The van der Waals surface area contributed by atoms with Gasteiger partial charge in [0, 0.05) is 45.1 Å². The number of rotatable bonds is 6. The largest absolute Gasteiger partial charge is 0.490 e. The zero-order valence-electron chi connectivity index (χ0n) is 23.4. The summed E-state index contributed by atoms with van der Waals surface area (Å²) in [5.74, 6) is -8.33. The molecule has 2 amide bonds. The normalized spacial score (nSPS) is 16.4. The number of piperidine rings is 1. The monoisotopic (exact) mass is 691 g/mol. The van der Waals surface area contributed by atoms with Crippen molar-refractivity contribution in [3.8, 4) is 0 Å². The summed E-state index contributed by atoms with van der Waals surface area (Å²) >= 11 is 5.65. The Morgan fingerprint density at radius 1 is 1.00 bits per heavy atom. The summed E-state index contributed by atoms with van der Waals surface area (Å²) in [6.07, 6.45) is -5.33. The van der Waals surface area contributed by atoms with Crippen LogP contribution in [0, 0.1) is 11.6 Å². The number of aliphatic carboxylic acids is 2. The van der Waals surface area contributed by atoms with Crippen molar-refractivity contribution in [3.05, 3.63) is 64.4 Å². The van der Waals surface area contributed by atoms with Gasteiger partial charge in [-0.2, -0.15) is 26.3 Å². The summed E-state index contributed by atoms with van der Waals surface area (Å²) in [5, 5.41) is 19.5. The first kappa shape index (κ1) is 38.1. The predicted molar refractivity (Wildman–Crippen MR) is 142 cm³/mol. The van der Waals surface area contributed by atoms with Gasteiger partial charge in [0.1, 0.15) is 16.9 Å². The third-order valence-electron chi connectivity index (χ3n) is 6.71. The van der Waals surface area contributed by atoms with E-state index in [1.807, 2.05) is 12.1 Å². The number of amides is 2. The molecule has 4 rings (SSSR count). The van der Waals surface area contributed by atoms with Crippen LogP contribution in [0.25, 0.3) is 0 Å². The van der Waals surface area contributed by atoms with Crippen molar-refractivity contribution in [2.75, 3.05) is 32.8 Å². The van der Waals surface area contributed by atoms with Crippen LogP contribution in [-0.2, 0) is 20.9 Å². The maximum atomic E-state index is 14.0. The number of alkyl halides is 6. The number of carboxylic acid groups (broad SMARTS) is 2. The SMILES string of the molecule is O=C(NCCN1CCC2(CC1)C(=O)NCN2Cc1cccnc1)c1c(F)ccc(Cl)c1F.O=C(O)C(F)(F)F.O=C(O)C(F)(F)F. The number of aromatic nitrogens is 1. The molecule has 2 aliphatic rings. The second kappa shape index (κ2) is 15.9. The molecule has 2 fully saturated rings. The Bertz CT molecular complexity index is 1370. The number of nitrogens with one attached hydrogen (secondary N) is 2. The molecule has 20 heteroatoms. The Labute approximate surface area is 260 Å². The number of benzene rings is 1. The predicted octanol–water partition coefficient (Wildman–Crippen LogP) is 3.43. The Kier molecular flexibility index (Phi) is 13.2. The molecule has 2 saturated heterocycles. The highest BCUT2D eigenvalue weighted by Crippen LogP contribution is 2.33. The van der Waals surface area contributed by atoms with Crippen LogP contribution in [0.4, 0.5) is 35.1 Å². The second-order valence-electron chi connectivity index (χ2n) is 9.68. The molecule has 1 spiro atoms. The number of hydrogen-bond donors (Lipinski definition) is 4. The van der Waals surface area contributed by atoms with Crippen molar-refractivity contribution in [2.45, 2.75) is 37.3 Å². The lowest BCUT2D eigenvalue weighted by atomic mass is 9.86. The minimum absolute atomic E-state index is 0.0428. The molecule has 0 radical (unpaired) electrons. The summed E-state index contributed by atoms with van der Waals surface area (Å²) in [4.78, 5) is 51.1. The fourth-order valence-corrected chi connectivity index (χ4v) is 4.54. The van der Waals surface area contributed by atoms with Gasteiger partial charge in [0.05, 0.1) is 11.7 Å². The Balaban J connectivity index is 0.000000440. The molecule has 2 aromatic rings. The van der Waals surface area contributed by atoms with Crippen molar-refractivity contribution >= 4 is 35.4 Å². The summed E-state index contributed by atoms with van der Waals surface area (Å²) in [6, 6.07) is 5.91. The van der Waals surface area contributed by atoms with Crippen LogP contribution >= 0.6 is 11.6 Å². The molecule has 1 aromatic heterocycles. The van der Waals surface area contributed by atoms with Gasteiger partial charge in [-0.1, -0.05) is 17.7 Å². The van der Waals surface area contributed by atoms with E-state index in [0.717, 1.165) is 17.7 Å². The quantitative estimate of drug-likeness (QED) is 0.264. The average Bonchev–Trinajstić information content (AvgIpc) is 3.26. The highest BCUT2D eigenvalue weighted by Gasteiger charge is 2.50. The van der Waals surface area contributed by atoms with Crippen LogP contribution < -0.4 is 10.6 Å². The highest BCUT2D eigenvalue weighted by molar-refractivity contribution is 6.31. The van der Waals surface area contributed by atoms with Crippen LogP contribution in [0.5, 0.6) is 0 Å². The number of halogens is 9. The third-order valence-corrected chi connectivity index (χ3v) is 7.00. The minimum atomic E-state index is -5.08. The van der Waals surface area contributed by atoms with Gasteiger partial charge in [0.25, 0.3) is 5.91 Å². The number of pyridine rings is 1. The summed E-state index contributed by atoms with van der Waals surface area (Å²) in [7, 11) is 0. The van der Waals surface area contributed by atoms with E-state index >= 15 is 0 Å². The van der Waals surface area contributed by atoms with E-state index in [2.05, 4.69) is 25.4 Å². The molecule has 0 aliphatic carbocycles. The second-order valence-corrected chi connectivity index (χ2v) is 10.1.